The molecule has 0 unspecified atom stereocenters. The molecule has 0 aliphatic heterocycles. The van der Waals surface area contributed by atoms with E-state index in [2.05, 4.69) is 25.7 Å². The van der Waals surface area contributed by atoms with Gasteiger partial charge in [-0.1, -0.05) is 22.9 Å². The molecule has 17 heavy (non-hydrogen) atoms. The molecule has 9 heteroatoms. The van der Waals surface area contributed by atoms with Crippen LogP contribution in [-0.2, 0) is 6.54 Å². The van der Waals surface area contributed by atoms with Crippen LogP contribution in [0.1, 0.15) is 5.69 Å². The molecule has 0 aliphatic carbocycles. The molecular formula is C8H9ClN6OS. The van der Waals surface area contributed by atoms with E-state index in [0.717, 1.165) is 17.0 Å². The van der Waals surface area contributed by atoms with Crippen molar-refractivity contribution < 1.29 is 0 Å². The lowest BCUT2D eigenvalue weighted by Gasteiger charge is -2.07. The van der Waals surface area contributed by atoms with Crippen molar-refractivity contribution in [3.63, 3.8) is 0 Å². The molecule has 0 bridgehead atoms. The summed E-state index contributed by atoms with van der Waals surface area (Å²) in [6.07, 6.45) is 1.43. The summed E-state index contributed by atoms with van der Waals surface area (Å²) in [6, 6.07) is 0. The van der Waals surface area contributed by atoms with Crippen molar-refractivity contribution in [1.82, 2.24) is 15.0 Å². The second-order valence-corrected chi connectivity index (χ2v) is 4.31. The summed E-state index contributed by atoms with van der Waals surface area (Å²) in [6.45, 7) is 0.416. The summed E-state index contributed by atoms with van der Waals surface area (Å²) in [4.78, 5) is 21.4. The van der Waals surface area contributed by atoms with Crippen LogP contribution in [0.4, 0.5) is 11.8 Å². The van der Waals surface area contributed by atoms with Crippen LogP contribution in [0.25, 0.3) is 0 Å². The Morgan fingerprint density at radius 3 is 3.06 bits per heavy atom. The molecule has 0 aromatic carbocycles. The smallest absolute Gasteiger partial charge is 0.304 e. The van der Waals surface area contributed by atoms with E-state index in [0.29, 0.717) is 17.4 Å². The molecule has 0 fully saturated rings. The highest BCUT2D eigenvalue weighted by atomic mass is 35.5. The number of thiazole rings is 1. The van der Waals surface area contributed by atoms with Crippen LogP contribution in [0, 0.1) is 0 Å². The van der Waals surface area contributed by atoms with Gasteiger partial charge >= 0.3 is 4.87 Å². The van der Waals surface area contributed by atoms with Crippen LogP contribution in [0.2, 0.25) is 5.02 Å². The number of nitrogens with one attached hydrogen (secondary N) is 3. The topological polar surface area (TPSA) is 109 Å². The number of nitrogen functional groups attached to an aromatic ring is 1. The van der Waals surface area contributed by atoms with Gasteiger partial charge in [0.15, 0.2) is 5.82 Å². The van der Waals surface area contributed by atoms with Gasteiger partial charge in [-0.15, -0.1) is 0 Å². The van der Waals surface area contributed by atoms with Gasteiger partial charge in [-0.2, -0.15) is 4.98 Å². The van der Waals surface area contributed by atoms with Crippen LogP contribution >= 0.6 is 22.9 Å². The van der Waals surface area contributed by atoms with Gasteiger partial charge in [-0.3, -0.25) is 10.2 Å². The Balaban J connectivity index is 2.10. The Kier molecular flexibility index (Phi) is 3.57. The molecule has 5 N–H and O–H groups in total. The zero-order chi connectivity index (χ0) is 12.3. The normalized spacial score (nSPS) is 10.2. The Hall–Kier alpha value is -1.64. The first-order valence-electron chi connectivity index (χ1n) is 4.59. The van der Waals surface area contributed by atoms with E-state index in [1.54, 1.807) is 5.38 Å². The van der Waals surface area contributed by atoms with E-state index in [1.165, 1.54) is 6.20 Å². The number of hydrogen-bond acceptors (Lipinski definition) is 7. The van der Waals surface area contributed by atoms with Crippen molar-refractivity contribution in [1.29, 1.82) is 0 Å². The number of hydrazine groups is 1. The van der Waals surface area contributed by atoms with Gasteiger partial charge < -0.3 is 10.3 Å². The Morgan fingerprint density at radius 2 is 2.41 bits per heavy atom. The van der Waals surface area contributed by atoms with Crippen LogP contribution in [0.5, 0.6) is 0 Å². The molecule has 7 nitrogen and oxygen atoms in total. The average Bonchev–Trinajstić information content (AvgIpc) is 2.74. The van der Waals surface area contributed by atoms with Crippen molar-refractivity contribution in [2.45, 2.75) is 6.54 Å². The highest BCUT2D eigenvalue weighted by Gasteiger charge is 2.05. The largest absolute Gasteiger partial charge is 0.363 e. The minimum absolute atomic E-state index is 0.0973. The zero-order valence-corrected chi connectivity index (χ0v) is 10.1. The second-order valence-electron chi connectivity index (χ2n) is 3.06. The zero-order valence-electron chi connectivity index (χ0n) is 8.53. The number of rotatable bonds is 4. The fourth-order valence-electron chi connectivity index (χ4n) is 1.14. The lowest BCUT2D eigenvalue weighted by atomic mass is 10.4. The van der Waals surface area contributed by atoms with E-state index >= 15 is 0 Å². The van der Waals surface area contributed by atoms with E-state index in [-0.39, 0.29) is 10.8 Å². The van der Waals surface area contributed by atoms with Crippen molar-refractivity contribution in [2.24, 2.45) is 5.84 Å². The lowest BCUT2D eigenvalue weighted by Crippen LogP contribution is -2.12. The summed E-state index contributed by atoms with van der Waals surface area (Å²) in [7, 11) is 0. The van der Waals surface area contributed by atoms with E-state index < -0.39 is 0 Å². The maximum Gasteiger partial charge on any atom is 0.304 e. The molecule has 0 amide bonds. The molecule has 0 radical (unpaired) electrons. The monoisotopic (exact) mass is 272 g/mol. The Labute approximate surface area is 105 Å². The Morgan fingerprint density at radius 1 is 1.59 bits per heavy atom. The molecule has 0 saturated heterocycles. The first kappa shape index (κ1) is 11.8. The summed E-state index contributed by atoms with van der Waals surface area (Å²) < 4.78 is 0. The van der Waals surface area contributed by atoms with Gasteiger partial charge in [0.2, 0.25) is 5.95 Å². The van der Waals surface area contributed by atoms with Crippen molar-refractivity contribution in [3.8, 4) is 0 Å². The minimum Gasteiger partial charge on any atom is -0.363 e. The molecule has 2 aromatic heterocycles. The second kappa shape index (κ2) is 5.13. The number of nitrogens with zero attached hydrogens (tertiary/aromatic N) is 2. The van der Waals surface area contributed by atoms with Crippen molar-refractivity contribution >= 4 is 34.7 Å². The van der Waals surface area contributed by atoms with E-state index in [1.807, 2.05) is 0 Å². The summed E-state index contributed by atoms with van der Waals surface area (Å²) in [5.41, 5.74) is 3.08. The quantitative estimate of drug-likeness (QED) is 0.484. The molecule has 0 atom stereocenters. The highest BCUT2D eigenvalue weighted by molar-refractivity contribution is 7.07. The van der Waals surface area contributed by atoms with Gasteiger partial charge in [0.1, 0.15) is 5.02 Å². The first-order chi connectivity index (χ1) is 8.19. The third kappa shape index (κ3) is 2.93. The molecule has 2 heterocycles. The summed E-state index contributed by atoms with van der Waals surface area (Å²) in [5, 5.41) is 5.08. The van der Waals surface area contributed by atoms with Crippen molar-refractivity contribution in [3.05, 3.63) is 32.0 Å². The third-order valence-corrected chi connectivity index (χ3v) is 2.89. The number of aromatic amines is 1. The maximum absolute atomic E-state index is 10.9. The maximum atomic E-state index is 10.9. The van der Waals surface area contributed by atoms with Crippen molar-refractivity contribution in [2.75, 3.05) is 10.7 Å². The molecule has 90 valence electrons. The Bertz CT molecular complexity index is 567. The molecule has 2 rings (SSSR count). The first-order valence-corrected chi connectivity index (χ1v) is 5.84. The number of nitrogens with two attached hydrogens (primary N) is 1. The SMILES string of the molecule is NNc1ncc(Cl)c(NCc2csc(=O)[nH]2)n1. The van der Waals surface area contributed by atoms with Crippen LogP contribution < -0.4 is 21.5 Å². The van der Waals surface area contributed by atoms with Crippen LogP contribution in [0.15, 0.2) is 16.4 Å². The standard InChI is InChI=1S/C8H9ClN6OS/c9-5-2-12-7(15-10)14-6(5)11-1-4-3-17-8(16)13-4/h2-3H,1,10H2,(H,13,16)(H2,11,12,14,15). The van der Waals surface area contributed by atoms with Crippen LogP contribution in [-0.4, -0.2) is 15.0 Å². The molecular weight excluding hydrogens is 264 g/mol. The molecule has 2 aromatic rings. The number of halogens is 1. The van der Waals surface area contributed by atoms with Gasteiger partial charge in [0, 0.05) is 11.1 Å². The number of H-pyrrole nitrogens is 1. The lowest BCUT2D eigenvalue weighted by molar-refractivity contribution is 1.03. The van der Waals surface area contributed by atoms with Gasteiger partial charge in [-0.05, 0) is 0 Å². The third-order valence-electron chi connectivity index (χ3n) is 1.89. The number of hydrogen-bond donors (Lipinski definition) is 4. The van der Waals surface area contributed by atoms with E-state index in [4.69, 9.17) is 17.4 Å². The van der Waals surface area contributed by atoms with Gasteiger partial charge in [-0.25, -0.2) is 10.8 Å². The molecule has 0 aliphatic rings. The predicted octanol–water partition coefficient (Wildman–Crippen LogP) is 0.777. The molecule has 0 spiro atoms. The predicted molar refractivity (Wildman–Crippen MR) is 67.1 cm³/mol. The van der Waals surface area contributed by atoms with Gasteiger partial charge in [0.25, 0.3) is 0 Å². The summed E-state index contributed by atoms with van der Waals surface area (Å²) >= 11 is 7.00. The minimum atomic E-state index is -0.0973. The average molecular weight is 273 g/mol. The highest BCUT2D eigenvalue weighted by Crippen LogP contribution is 2.19. The fourth-order valence-corrected chi connectivity index (χ4v) is 1.88. The number of anilines is 2. The van der Waals surface area contributed by atoms with Gasteiger partial charge in [0.05, 0.1) is 12.7 Å². The van der Waals surface area contributed by atoms with E-state index in [9.17, 15) is 4.79 Å². The van der Waals surface area contributed by atoms with Crippen LogP contribution in [0.3, 0.4) is 0 Å². The summed E-state index contributed by atoms with van der Waals surface area (Å²) in [5.74, 6) is 5.89. The fraction of sp³-hybridized carbons (Fsp3) is 0.125. The number of aromatic nitrogens is 3. The molecule has 0 saturated carbocycles.